The molecule has 0 atom stereocenters. The van der Waals surface area contributed by atoms with Gasteiger partial charge >= 0.3 is 0 Å². The van der Waals surface area contributed by atoms with E-state index >= 15 is 0 Å². The minimum absolute atomic E-state index is 0.223. The van der Waals surface area contributed by atoms with Crippen molar-refractivity contribution in [1.29, 1.82) is 5.26 Å². The Morgan fingerprint density at radius 2 is 2.21 bits per heavy atom. The quantitative estimate of drug-likeness (QED) is 0.887. The molecule has 0 spiro atoms. The molecule has 2 N–H and O–H groups in total. The Morgan fingerprint density at radius 3 is 2.79 bits per heavy atom. The number of pyridine rings is 1. The number of rotatable bonds is 3. The van der Waals surface area contributed by atoms with Crippen molar-refractivity contribution in [3.63, 3.8) is 0 Å². The standard InChI is InChI=1S/C14H18N4O/c1-10-6-12(9-15)8-14(17-10)18-4-2-11(3-5-18)7-13(16)19/h6,8,11H,2-5,7H2,1H3,(H2,16,19). The lowest BCUT2D eigenvalue weighted by Crippen LogP contribution is -2.35. The maximum atomic E-state index is 10.9. The van der Waals surface area contributed by atoms with Gasteiger partial charge in [0.2, 0.25) is 5.91 Å². The summed E-state index contributed by atoms with van der Waals surface area (Å²) in [7, 11) is 0. The van der Waals surface area contributed by atoms with Crippen molar-refractivity contribution in [2.75, 3.05) is 18.0 Å². The van der Waals surface area contributed by atoms with Crippen LogP contribution >= 0.6 is 0 Å². The Morgan fingerprint density at radius 1 is 1.53 bits per heavy atom. The van der Waals surface area contributed by atoms with Gasteiger partial charge in [0.25, 0.3) is 0 Å². The van der Waals surface area contributed by atoms with Crippen molar-refractivity contribution >= 4 is 11.7 Å². The van der Waals surface area contributed by atoms with Gasteiger partial charge in [-0.1, -0.05) is 0 Å². The van der Waals surface area contributed by atoms with Gasteiger partial charge in [-0.05, 0) is 37.8 Å². The molecular weight excluding hydrogens is 240 g/mol. The van der Waals surface area contributed by atoms with Crippen LogP contribution in [-0.2, 0) is 4.79 Å². The van der Waals surface area contributed by atoms with E-state index in [9.17, 15) is 4.79 Å². The van der Waals surface area contributed by atoms with E-state index in [2.05, 4.69) is 16.0 Å². The number of hydrogen-bond acceptors (Lipinski definition) is 4. The van der Waals surface area contributed by atoms with Crippen molar-refractivity contribution < 1.29 is 4.79 Å². The predicted molar refractivity (Wildman–Crippen MR) is 72.4 cm³/mol. The van der Waals surface area contributed by atoms with Crippen molar-refractivity contribution in [1.82, 2.24) is 4.98 Å². The maximum absolute atomic E-state index is 10.9. The number of aromatic nitrogens is 1. The molecule has 2 heterocycles. The maximum Gasteiger partial charge on any atom is 0.217 e. The molecule has 1 aliphatic rings. The average Bonchev–Trinajstić information content (AvgIpc) is 2.38. The first-order valence-corrected chi connectivity index (χ1v) is 6.50. The molecule has 100 valence electrons. The first kappa shape index (κ1) is 13.3. The van der Waals surface area contributed by atoms with E-state index in [1.807, 2.05) is 13.0 Å². The summed E-state index contributed by atoms with van der Waals surface area (Å²) in [6.45, 7) is 3.61. The highest BCUT2D eigenvalue weighted by Crippen LogP contribution is 2.24. The number of carbonyl (C=O) groups is 1. The Kier molecular flexibility index (Phi) is 4.00. The zero-order chi connectivity index (χ0) is 13.8. The Labute approximate surface area is 113 Å². The summed E-state index contributed by atoms with van der Waals surface area (Å²) in [4.78, 5) is 17.6. The number of piperidine rings is 1. The molecular formula is C14H18N4O. The molecule has 0 radical (unpaired) electrons. The molecule has 1 aliphatic heterocycles. The van der Waals surface area contributed by atoms with Crippen LogP contribution in [0.4, 0.5) is 5.82 Å². The molecule has 0 aliphatic carbocycles. The van der Waals surface area contributed by atoms with Gasteiger partial charge in [0.05, 0.1) is 11.6 Å². The van der Waals surface area contributed by atoms with Crippen molar-refractivity contribution in [2.45, 2.75) is 26.2 Å². The molecule has 0 bridgehead atoms. The highest BCUT2D eigenvalue weighted by atomic mass is 16.1. The van der Waals surface area contributed by atoms with Crippen LogP contribution in [0.2, 0.25) is 0 Å². The highest BCUT2D eigenvalue weighted by Gasteiger charge is 2.21. The SMILES string of the molecule is Cc1cc(C#N)cc(N2CCC(CC(N)=O)CC2)n1. The second-order valence-electron chi connectivity index (χ2n) is 5.07. The van der Waals surface area contributed by atoms with Gasteiger partial charge in [0.15, 0.2) is 0 Å². The highest BCUT2D eigenvalue weighted by molar-refractivity contribution is 5.74. The van der Waals surface area contributed by atoms with E-state index in [0.29, 0.717) is 17.9 Å². The zero-order valence-corrected chi connectivity index (χ0v) is 11.1. The molecule has 2 rings (SSSR count). The summed E-state index contributed by atoms with van der Waals surface area (Å²) < 4.78 is 0. The normalized spacial score (nSPS) is 16.1. The summed E-state index contributed by atoms with van der Waals surface area (Å²) in [5.74, 6) is 1.02. The fourth-order valence-electron chi connectivity index (χ4n) is 2.53. The molecule has 5 nitrogen and oxygen atoms in total. The third kappa shape index (κ3) is 3.44. The van der Waals surface area contributed by atoms with Crippen LogP contribution in [0.1, 0.15) is 30.5 Å². The van der Waals surface area contributed by atoms with Crippen molar-refractivity contribution in [3.05, 3.63) is 23.4 Å². The molecule has 5 heteroatoms. The van der Waals surface area contributed by atoms with Crippen LogP contribution in [0.15, 0.2) is 12.1 Å². The van der Waals surface area contributed by atoms with Crippen LogP contribution in [0.25, 0.3) is 0 Å². The minimum Gasteiger partial charge on any atom is -0.370 e. The first-order chi connectivity index (χ1) is 9.08. The lowest BCUT2D eigenvalue weighted by atomic mass is 9.93. The van der Waals surface area contributed by atoms with Gasteiger partial charge in [-0.15, -0.1) is 0 Å². The molecule has 0 saturated carbocycles. The number of nitrogens with two attached hydrogens (primary N) is 1. The average molecular weight is 258 g/mol. The lowest BCUT2D eigenvalue weighted by Gasteiger charge is -2.32. The van der Waals surface area contributed by atoms with E-state index in [4.69, 9.17) is 11.0 Å². The fourth-order valence-corrected chi connectivity index (χ4v) is 2.53. The molecule has 1 saturated heterocycles. The van der Waals surface area contributed by atoms with Gasteiger partial charge in [-0.2, -0.15) is 5.26 Å². The van der Waals surface area contributed by atoms with Crippen LogP contribution in [0, 0.1) is 24.2 Å². The number of nitriles is 1. The fraction of sp³-hybridized carbons (Fsp3) is 0.500. The third-order valence-electron chi connectivity index (χ3n) is 3.50. The summed E-state index contributed by atoms with van der Waals surface area (Å²) in [6.07, 6.45) is 2.36. The van der Waals surface area contributed by atoms with Gasteiger partial charge in [-0.3, -0.25) is 4.79 Å². The van der Waals surface area contributed by atoms with E-state index in [1.165, 1.54) is 0 Å². The largest absolute Gasteiger partial charge is 0.370 e. The monoisotopic (exact) mass is 258 g/mol. The topological polar surface area (TPSA) is 83.0 Å². The van der Waals surface area contributed by atoms with Gasteiger partial charge in [0.1, 0.15) is 5.82 Å². The first-order valence-electron chi connectivity index (χ1n) is 6.50. The zero-order valence-electron chi connectivity index (χ0n) is 11.1. The molecule has 0 unspecified atom stereocenters. The van der Waals surface area contributed by atoms with Crippen LogP contribution in [0.5, 0.6) is 0 Å². The number of nitrogens with zero attached hydrogens (tertiary/aromatic N) is 3. The lowest BCUT2D eigenvalue weighted by molar-refractivity contribution is -0.119. The molecule has 19 heavy (non-hydrogen) atoms. The molecule has 0 aromatic carbocycles. The second kappa shape index (κ2) is 5.70. The molecule has 1 aromatic rings. The number of amides is 1. The molecule has 1 amide bonds. The van der Waals surface area contributed by atoms with Crippen LogP contribution in [-0.4, -0.2) is 24.0 Å². The summed E-state index contributed by atoms with van der Waals surface area (Å²) in [5.41, 5.74) is 6.72. The molecule has 1 fully saturated rings. The Balaban J connectivity index is 2.03. The van der Waals surface area contributed by atoms with E-state index in [1.54, 1.807) is 6.07 Å². The van der Waals surface area contributed by atoms with E-state index in [0.717, 1.165) is 37.4 Å². The minimum atomic E-state index is -0.223. The predicted octanol–water partition coefficient (Wildman–Crippen LogP) is 1.35. The number of primary amides is 1. The summed E-state index contributed by atoms with van der Waals surface area (Å²) in [6, 6.07) is 5.76. The second-order valence-corrected chi connectivity index (χ2v) is 5.07. The summed E-state index contributed by atoms with van der Waals surface area (Å²) >= 11 is 0. The molecule has 1 aromatic heterocycles. The number of aryl methyl sites for hydroxylation is 1. The number of hydrogen-bond donors (Lipinski definition) is 1. The van der Waals surface area contributed by atoms with Crippen molar-refractivity contribution in [2.24, 2.45) is 11.7 Å². The third-order valence-corrected chi connectivity index (χ3v) is 3.50. The summed E-state index contributed by atoms with van der Waals surface area (Å²) in [5, 5.41) is 8.98. The van der Waals surface area contributed by atoms with Gasteiger partial charge < -0.3 is 10.6 Å². The van der Waals surface area contributed by atoms with E-state index < -0.39 is 0 Å². The van der Waals surface area contributed by atoms with Crippen LogP contribution < -0.4 is 10.6 Å². The Bertz CT molecular complexity index is 513. The van der Waals surface area contributed by atoms with Crippen molar-refractivity contribution in [3.8, 4) is 6.07 Å². The smallest absolute Gasteiger partial charge is 0.217 e. The number of carbonyl (C=O) groups excluding carboxylic acids is 1. The number of anilines is 1. The van der Waals surface area contributed by atoms with Gasteiger partial charge in [-0.25, -0.2) is 4.98 Å². The Hall–Kier alpha value is -2.09. The van der Waals surface area contributed by atoms with Crippen LogP contribution in [0.3, 0.4) is 0 Å². The van der Waals surface area contributed by atoms with E-state index in [-0.39, 0.29) is 5.91 Å². The van der Waals surface area contributed by atoms with Gasteiger partial charge in [0, 0.05) is 25.2 Å².